The molecule has 26 heavy (non-hydrogen) atoms. The molecular weight excluding hydrogens is 340 g/mol. The van der Waals surface area contributed by atoms with Crippen LogP contribution in [0.1, 0.15) is 11.1 Å². The number of ether oxygens (including phenoxy) is 3. The lowest BCUT2D eigenvalue weighted by Crippen LogP contribution is -2.06. The number of carbonyl (C=O) groups is 1. The molecular formula is C18H14N2O6. The van der Waals surface area contributed by atoms with Crippen molar-refractivity contribution in [2.45, 2.75) is 0 Å². The monoisotopic (exact) mass is 354 g/mol. The predicted octanol–water partition coefficient (Wildman–Crippen LogP) is 2.96. The summed E-state index contributed by atoms with van der Waals surface area (Å²) in [6.07, 6.45) is 1.56. The van der Waals surface area contributed by atoms with Gasteiger partial charge in [-0.15, -0.1) is 0 Å². The molecule has 8 heteroatoms. The van der Waals surface area contributed by atoms with Gasteiger partial charge in [0, 0.05) is 11.6 Å². The summed E-state index contributed by atoms with van der Waals surface area (Å²) in [6, 6.07) is 11.3. The van der Waals surface area contributed by atoms with Gasteiger partial charge in [0.1, 0.15) is 5.75 Å². The topological polar surface area (TPSA) is 100 Å². The van der Waals surface area contributed by atoms with E-state index in [9.17, 15) is 14.9 Å². The lowest BCUT2D eigenvalue weighted by atomic mass is 10.2. The molecule has 0 amide bonds. The van der Waals surface area contributed by atoms with Crippen LogP contribution in [-0.4, -0.2) is 31.0 Å². The second-order valence-corrected chi connectivity index (χ2v) is 5.25. The smallest absolute Gasteiger partial charge is 0.363 e. The van der Waals surface area contributed by atoms with E-state index < -0.39 is 10.9 Å². The van der Waals surface area contributed by atoms with Crippen LogP contribution in [0, 0.1) is 10.1 Å². The summed E-state index contributed by atoms with van der Waals surface area (Å²) in [4.78, 5) is 26.7. The molecule has 1 aliphatic rings. The van der Waals surface area contributed by atoms with Gasteiger partial charge in [0.15, 0.2) is 11.4 Å². The third kappa shape index (κ3) is 3.39. The summed E-state index contributed by atoms with van der Waals surface area (Å²) >= 11 is 0. The maximum absolute atomic E-state index is 12.0. The normalized spacial score (nSPS) is 14.8. The van der Waals surface area contributed by atoms with Crippen molar-refractivity contribution >= 4 is 23.6 Å². The quantitative estimate of drug-likeness (QED) is 0.354. The number of hydrogen-bond donors (Lipinski definition) is 0. The van der Waals surface area contributed by atoms with E-state index in [2.05, 4.69) is 4.99 Å². The Labute approximate surface area is 148 Å². The van der Waals surface area contributed by atoms with Crippen LogP contribution in [-0.2, 0) is 9.53 Å². The third-order valence-electron chi connectivity index (χ3n) is 3.66. The van der Waals surface area contributed by atoms with Crippen molar-refractivity contribution in [2.24, 2.45) is 4.99 Å². The Morgan fingerprint density at radius 1 is 1.12 bits per heavy atom. The van der Waals surface area contributed by atoms with Gasteiger partial charge in [-0.1, -0.05) is 12.1 Å². The highest BCUT2D eigenvalue weighted by Gasteiger charge is 2.26. The van der Waals surface area contributed by atoms with E-state index in [0.717, 1.165) is 5.56 Å². The van der Waals surface area contributed by atoms with Crippen molar-refractivity contribution in [3.63, 3.8) is 0 Å². The Kier molecular flexibility index (Phi) is 4.66. The summed E-state index contributed by atoms with van der Waals surface area (Å²) in [5.41, 5.74) is 0.910. The van der Waals surface area contributed by atoms with Crippen LogP contribution in [0.15, 0.2) is 53.2 Å². The molecule has 0 saturated carbocycles. The molecule has 0 bridgehead atoms. The molecule has 132 valence electrons. The molecule has 0 spiro atoms. The Hall–Kier alpha value is -3.68. The van der Waals surface area contributed by atoms with E-state index in [4.69, 9.17) is 14.2 Å². The maximum atomic E-state index is 12.0. The van der Waals surface area contributed by atoms with Gasteiger partial charge in [-0.05, 0) is 35.9 Å². The number of cyclic esters (lactones) is 1. The number of nitro benzene ring substituents is 1. The van der Waals surface area contributed by atoms with Gasteiger partial charge >= 0.3 is 11.7 Å². The first-order chi connectivity index (χ1) is 12.5. The van der Waals surface area contributed by atoms with E-state index in [0.29, 0.717) is 11.3 Å². The van der Waals surface area contributed by atoms with Gasteiger partial charge in [-0.2, -0.15) is 0 Å². The first-order valence-electron chi connectivity index (χ1n) is 7.51. The van der Waals surface area contributed by atoms with Crippen molar-refractivity contribution in [1.82, 2.24) is 0 Å². The van der Waals surface area contributed by atoms with E-state index in [1.165, 1.54) is 25.3 Å². The summed E-state index contributed by atoms with van der Waals surface area (Å²) in [7, 11) is 2.90. The fourth-order valence-corrected chi connectivity index (χ4v) is 2.36. The number of nitro groups is 1. The number of aliphatic imine (C=N–C) groups is 1. The number of nitrogens with zero attached hydrogens (tertiary/aromatic N) is 2. The molecule has 0 aliphatic carbocycles. The zero-order valence-electron chi connectivity index (χ0n) is 14.0. The highest BCUT2D eigenvalue weighted by Crippen LogP contribution is 2.29. The van der Waals surface area contributed by atoms with Crippen molar-refractivity contribution < 1.29 is 23.9 Å². The van der Waals surface area contributed by atoms with Gasteiger partial charge in [-0.3, -0.25) is 10.1 Å². The summed E-state index contributed by atoms with van der Waals surface area (Å²) < 4.78 is 15.2. The largest absolute Gasteiger partial charge is 0.497 e. The van der Waals surface area contributed by atoms with Crippen LogP contribution >= 0.6 is 0 Å². The van der Waals surface area contributed by atoms with Gasteiger partial charge < -0.3 is 14.2 Å². The van der Waals surface area contributed by atoms with E-state index in [1.54, 1.807) is 37.5 Å². The molecule has 3 rings (SSSR count). The second kappa shape index (κ2) is 7.06. The average Bonchev–Trinajstić information content (AvgIpc) is 3.02. The van der Waals surface area contributed by atoms with Crippen molar-refractivity contribution in [1.29, 1.82) is 0 Å². The van der Waals surface area contributed by atoms with Crippen LogP contribution in [0.5, 0.6) is 11.5 Å². The average molecular weight is 354 g/mol. The first-order valence-corrected chi connectivity index (χ1v) is 7.51. The van der Waals surface area contributed by atoms with Crippen LogP contribution < -0.4 is 9.47 Å². The van der Waals surface area contributed by atoms with Crippen molar-refractivity contribution in [3.8, 4) is 11.5 Å². The number of carbonyl (C=O) groups excluding carboxylic acids is 1. The lowest BCUT2D eigenvalue weighted by molar-refractivity contribution is -0.385. The van der Waals surface area contributed by atoms with Crippen LogP contribution in [0.4, 0.5) is 5.69 Å². The molecule has 0 saturated heterocycles. The second-order valence-electron chi connectivity index (χ2n) is 5.25. The number of benzene rings is 2. The van der Waals surface area contributed by atoms with E-state index >= 15 is 0 Å². The highest BCUT2D eigenvalue weighted by atomic mass is 16.6. The number of esters is 1. The van der Waals surface area contributed by atoms with Crippen molar-refractivity contribution in [2.75, 3.05) is 14.2 Å². The van der Waals surface area contributed by atoms with Gasteiger partial charge in [0.25, 0.3) is 0 Å². The number of methoxy groups -OCH3 is 2. The minimum Gasteiger partial charge on any atom is -0.497 e. The molecule has 0 atom stereocenters. The van der Waals surface area contributed by atoms with Gasteiger partial charge in [-0.25, -0.2) is 9.79 Å². The summed E-state index contributed by atoms with van der Waals surface area (Å²) in [5.74, 6) is 0.170. The Morgan fingerprint density at radius 2 is 1.85 bits per heavy atom. The SMILES string of the molecule is COc1ccc(/C=C2\N=C(c3ccc(OC)c([N+](=O)[O-])c3)OC2=O)cc1. The molecule has 0 N–H and O–H groups in total. The molecule has 0 aromatic heterocycles. The number of hydrogen-bond acceptors (Lipinski definition) is 7. The zero-order valence-corrected chi connectivity index (χ0v) is 14.0. The van der Waals surface area contributed by atoms with Crippen LogP contribution in [0.2, 0.25) is 0 Å². The predicted molar refractivity (Wildman–Crippen MR) is 93.2 cm³/mol. The maximum Gasteiger partial charge on any atom is 0.363 e. The Bertz CT molecular complexity index is 931. The molecule has 0 fully saturated rings. The van der Waals surface area contributed by atoms with Gasteiger partial charge in [0.2, 0.25) is 5.90 Å². The van der Waals surface area contributed by atoms with Crippen LogP contribution in [0.3, 0.4) is 0 Å². The number of rotatable bonds is 5. The molecule has 2 aromatic carbocycles. The van der Waals surface area contributed by atoms with E-state index in [1.807, 2.05) is 0 Å². The lowest BCUT2D eigenvalue weighted by Gasteiger charge is -2.03. The molecule has 2 aromatic rings. The molecule has 0 unspecified atom stereocenters. The van der Waals surface area contributed by atoms with Crippen molar-refractivity contribution in [3.05, 3.63) is 69.4 Å². The molecule has 0 radical (unpaired) electrons. The summed E-state index contributed by atoms with van der Waals surface area (Å²) in [5, 5.41) is 11.1. The highest BCUT2D eigenvalue weighted by molar-refractivity contribution is 6.13. The fraction of sp³-hybridized carbons (Fsp3) is 0.111. The molecule has 1 aliphatic heterocycles. The first kappa shape index (κ1) is 17.2. The third-order valence-corrected chi connectivity index (χ3v) is 3.66. The standard InChI is InChI=1S/C18H14N2O6/c1-24-13-6-3-11(4-7-13)9-14-18(21)26-17(19-14)12-5-8-16(25-2)15(10-12)20(22)23/h3-10H,1-2H3/b14-9-. The molecule has 8 nitrogen and oxygen atoms in total. The minimum atomic E-state index is -0.630. The summed E-state index contributed by atoms with van der Waals surface area (Å²) in [6.45, 7) is 0. The van der Waals surface area contributed by atoms with Gasteiger partial charge in [0.05, 0.1) is 19.1 Å². The van der Waals surface area contributed by atoms with E-state index in [-0.39, 0.29) is 23.0 Å². The minimum absolute atomic E-state index is 0.000477. The van der Waals surface area contributed by atoms with Crippen LogP contribution in [0.25, 0.3) is 6.08 Å². The molecule has 1 heterocycles. The zero-order chi connectivity index (χ0) is 18.7. The Balaban J connectivity index is 1.93. The Morgan fingerprint density at radius 3 is 2.46 bits per heavy atom. The fourth-order valence-electron chi connectivity index (χ4n) is 2.36.